The minimum Gasteiger partial charge on any atom is -0.391 e. The van der Waals surface area contributed by atoms with Gasteiger partial charge >= 0.3 is 11.9 Å². The monoisotopic (exact) mass is 241 g/mol. The number of unbranched alkanes of at least 4 members (excludes halogenated alkanes) is 3. The van der Waals surface area contributed by atoms with Crippen molar-refractivity contribution in [2.75, 3.05) is 19.6 Å². The number of ether oxygens (including phenoxy) is 1. The lowest BCUT2D eigenvalue weighted by Gasteiger charge is -2.23. The molecule has 0 aliphatic carbocycles. The van der Waals surface area contributed by atoms with Gasteiger partial charge < -0.3 is 4.74 Å². The summed E-state index contributed by atoms with van der Waals surface area (Å²) in [6.45, 7) is 5.83. The van der Waals surface area contributed by atoms with Crippen molar-refractivity contribution in [3.05, 3.63) is 0 Å². The van der Waals surface area contributed by atoms with Crippen molar-refractivity contribution in [1.29, 1.82) is 0 Å². The number of morpholine rings is 1. The minimum absolute atomic E-state index is 0.262. The number of cyclic esters (lactones) is 2. The third kappa shape index (κ3) is 6.41. The number of nitrogens with zero attached hydrogens (tertiary/aromatic N) is 1. The summed E-state index contributed by atoms with van der Waals surface area (Å²) < 4.78 is 4.47. The van der Waals surface area contributed by atoms with Gasteiger partial charge in [0.15, 0.2) is 0 Å². The third-order valence-corrected chi connectivity index (χ3v) is 2.94. The Labute approximate surface area is 103 Å². The van der Waals surface area contributed by atoms with Crippen LogP contribution in [0, 0.1) is 5.92 Å². The summed E-state index contributed by atoms with van der Waals surface area (Å²) in [5.74, 6) is -0.0494. The van der Waals surface area contributed by atoms with Crippen LogP contribution in [0.15, 0.2) is 0 Å². The lowest BCUT2D eigenvalue weighted by molar-refractivity contribution is -0.166. The van der Waals surface area contributed by atoms with Gasteiger partial charge in [-0.15, -0.1) is 0 Å². The molecule has 0 spiro atoms. The van der Waals surface area contributed by atoms with Crippen LogP contribution in [0.3, 0.4) is 0 Å². The van der Waals surface area contributed by atoms with E-state index in [1.807, 2.05) is 4.90 Å². The van der Waals surface area contributed by atoms with E-state index >= 15 is 0 Å². The molecule has 1 heterocycles. The average Bonchev–Trinajstić information content (AvgIpc) is 2.21. The van der Waals surface area contributed by atoms with E-state index in [9.17, 15) is 9.59 Å². The molecule has 0 atom stereocenters. The Morgan fingerprint density at radius 3 is 2.24 bits per heavy atom. The second kappa shape index (κ2) is 7.43. The quantitative estimate of drug-likeness (QED) is 0.388. The average molecular weight is 241 g/mol. The van der Waals surface area contributed by atoms with Crippen LogP contribution in [0.1, 0.15) is 46.0 Å². The van der Waals surface area contributed by atoms with Gasteiger partial charge in [-0.3, -0.25) is 14.5 Å². The van der Waals surface area contributed by atoms with Crippen molar-refractivity contribution < 1.29 is 14.3 Å². The number of esters is 2. The molecule has 17 heavy (non-hydrogen) atoms. The van der Waals surface area contributed by atoms with E-state index in [4.69, 9.17) is 0 Å². The number of hydrogen-bond acceptors (Lipinski definition) is 4. The van der Waals surface area contributed by atoms with Crippen molar-refractivity contribution in [3.8, 4) is 0 Å². The molecule has 1 fully saturated rings. The first-order valence-electron chi connectivity index (χ1n) is 6.54. The summed E-state index contributed by atoms with van der Waals surface area (Å²) in [5.41, 5.74) is 0. The van der Waals surface area contributed by atoms with Crippen LogP contribution in [-0.2, 0) is 14.3 Å². The van der Waals surface area contributed by atoms with E-state index in [-0.39, 0.29) is 13.1 Å². The summed E-state index contributed by atoms with van der Waals surface area (Å²) >= 11 is 0. The fourth-order valence-corrected chi connectivity index (χ4v) is 2.01. The molecule has 1 aliphatic heterocycles. The van der Waals surface area contributed by atoms with Gasteiger partial charge in [-0.05, 0) is 18.9 Å². The number of hydrogen-bond donors (Lipinski definition) is 0. The lowest BCUT2D eigenvalue weighted by Crippen LogP contribution is -2.43. The first kappa shape index (κ1) is 14.2. The first-order valence-corrected chi connectivity index (χ1v) is 6.54. The molecule has 1 aliphatic rings. The summed E-state index contributed by atoms with van der Waals surface area (Å²) in [6, 6.07) is 0. The van der Waals surface area contributed by atoms with Crippen LogP contribution in [-0.4, -0.2) is 36.5 Å². The van der Waals surface area contributed by atoms with Crippen LogP contribution in [0.25, 0.3) is 0 Å². The Hall–Kier alpha value is -0.900. The highest BCUT2D eigenvalue weighted by molar-refractivity contribution is 5.90. The molecular weight excluding hydrogens is 218 g/mol. The Balaban J connectivity index is 2.02. The van der Waals surface area contributed by atoms with E-state index in [1.54, 1.807) is 0 Å². The molecule has 4 heteroatoms. The zero-order valence-corrected chi connectivity index (χ0v) is 10.9. The van der Waals surface area contributed by atoms with E-state index in [0.29, 0.717) is 0 Å². The summed E-state index contributed by atoms with van der Waals surface area (Å²) in [5, 5.41) is 0. The predicted molar refractivity (Wildman–Crippen MR) is 65.5 cm³/mol. The van der Waals surface area contributed by atoms with Crippen molar-refractivity contribution in [2.24, 2.45) is 5.92 Å². The smallest absolute Gasteiger partial charge is 0.327 e. The number of carbonyl (C=O) groups excluding carboxylic acids is 2. The van der Waals surface area contributed by atoms with E-state index < -0.39 is 11.9 Å². The zero-order valence-electron chi connectivity index (χ0n) is 10.9. The molecule has 1 saturated heterocycles. The number of carbonyl (C=O) groups is 2. The van der Waals surface area contributed by atoms with Gasteiger partial charge in [-0.2, -0.15) is 0 Å². The molecule has 98 valence electrons. The molecule has 0 N–H and O–H groups in total. The molecule has 0 aromatic rings. The summed E-state index contributed by atoms with van der Waals surface area (Å²) in [6.07, 6.45) is 6.03. The van der Waals surface area contributed by atoms with Crippen molar-refractivity contribution in [1.82, 2.24) is 4.90 Å². The molecule has 0 radical (unpaired) electrons. The standard InChI is InChI=1S/C13H23NO3/c1-11(2)7-5-3-4-6-8-14-9-12(15)17-13(16)10-14/h11H,3-10H2,1-2H3. The van der Waals surface area contributed by atoms with Crippen LogP contribution in [0.5, 0.6) is 0 Å². The van der Waals surface area contributed by atoms with Gasteiger partial charge in [-0.25, -0.2) is 0 Å². The maximum absolute atomic E-state index is 11.0. The maximum atomic E-state index is 11.0. The second-order valence-electron chi connectivity index (χ2n) is 5.15. The molecule has 0 amide bonds. The van der Waals surface area contributed by atoms with Crippen LogP contribution < -0.4 is 0 Å². The second-order valence-corrected chi connectivity index (χ2v) is 5.15. The van der Waals surface area contributed by atoms with E-state index in [0.717, 1.165) is 18.9 Å². The Bertz CT molecular complexity index is 247. The van der Waals surface area contributed by atoms with Gasteiger partial charge in [0.1, 0.15) is 0 Å². The highest BCUT2D eigenvalue weighted by atomic mass is 16.6. The lowest BCUT2D eigenvalue weighted by atomic mass is 10.0. The SMILES string of the molecule is CC(C)CCCCCCN1CC(=O)OC(=O)C1. The van der Waals surface area contributed by atoms with Gasteiger partial charge in [0.2, 0.25) is 0 Å². The molecule has 1 rings (SSSR count). The fourth-order valence-electron chi connectivity index (χ4n) is 2.01. The van der Waals surface area contributed by atoms with Gasteiger partial charge in [0.05, 0.1) is 13.1 Å². The van der Waals surface area contributed by atoms with Crippen molar-refractivity contribution in [3.63, 3.8) is 0 Å². The third-order valence-electron chi connectivity index (χ3n) is 2.94. The summed E-state index contributed by atoms with van der Waals surface area (Å²) in [7, 11) is 0. The maximum Gasteiger partial charge on any atom is 0.327 e. The van der Waals surface area contributed by atoms with Crippen molar-refractivity contribution >= 4 is 11.9 Å². The highest BCUT2D eigenvalue weighted by Gasteiger charge is 2.23. The fraction of sp³-hybridized carbons (Fsp3) is 0.846. The van der Waals surface area contributed by atoms with Gasteiger partial charge in [0.25, 0.3) is 0 Å². The molecular formula is C13H23NO3. The zero-order chi connectivity index (χ0) is 12.7. The van der Waals surface area contributed by atoms with E-state index in [1.165, 1.54) is 25.7 Å². The molecule has 0 saturated carbocycles. The van der Waals surface area contributed by atoms with Gasteiger partial charge in [0, 0.05) is 0 Å². The Morgan fingerprint density at radius 2 is 1.65 bits per heavy atom. The van der Waals surface area contributed by atoms with Crippen molar-refractivity contribution in [2.45, 2.75) is 46.0 Å². The Kier molecular flexibility index (Phi) is 6.19. The Morgan fingerprint density at radius 1 is 1.06 bits per heavy atom. The normalized spacial score (nSPS) is 17.6. The molecule has 0 bridgehead atoms. The molecule has 0 unspecified atom stereocenters. The van der Waals surface area contributed by atoms with Crippen LogP contribution >= 0.6 is 0 Å². The van der Waals surface area contributed by atoms with E-state index in [2.05, 4.69) is 18.6 Å². The van der Waals surface area contributed by atoms with Crippen LogP contribution in [0.4, 0.5) is 0 Å². The molecule has 0 aromatic heterocycles. The highest BCUT2D eigenvalue weighted by Crippen LogP contribution is 2.10. The predicted octanol–water partition coefficient (Wildman–Crippen LogP) is 1.98. The summed E-state index contributed by atoms with van der Waals surface area (Å²) in [4.78, 5) is 23.9. The topological polar surface area (TPSA) is 46.6 Å². The van der Waals surface area contributed by atoms with Crippen LogP contribution in [0.2, 0.25) is 0 Å². The first-order chi connectivity index (χ1) is 8.08. The molecule has 0 aromatic carbocycles. The largest absolute Gasteiger partial charge is 0.391 e. The van der Waals surface area contributed by atoms with Gasteiger partial charge in [-0.1, -0.05) is 39.5 Å². The number of rotatable bonds is 7. The molecule has 4 nitrogen and oxygen atoms in total. The minimum atomic E-state index is -0.416.